The fourth-order valence-electron chi connectivity index (χ4n) is 1.78. The lowest BCUT2D eigenvalue weighted by molar-refractivity contribution is -0.150. The van der Waals surface area contributed by atoms with Crippen molar-refractivity contribution in [3.63, 3.8) is 0 Å². The number of amides is 1. The SMILES string of the molecule is CCOc1ccc(OCC(=O)OCC(=O)NCc2ccco2)cc1. The number of esters is 1. The Morgan fingerprint density at radius 2 is 1.75 bits per heavy atom. The molecule has 0 saturated heterocycles. The molecule has 0 aliphatic carbocycles. The molecule has 2 rings (SSSR count). The Bertz CT molecular complexity index is 636. The van der Waals surface area contributed by atoms with E-state index in [2.05, 4.69) is 5.32 Å². The molecule has 0 fully saturated rings. The average molecular weight is 333 g/mol. The Morgan fingerprint density at radius 3 is 2.38 bits per heavy atom. The van der Waals surface area contributed by atoms with Gasteiger partial charge in [-0.15, -0.1) is 0 Å². The van der Waals surface area contributed by atoms with Crippen molar-refractivity contribution >= 4 is 11.9 Å². The Kier molecular flexibility index (Phi) is 6.70. The minimum Gasteiger partial charge on any atom is -0.494 e. The standard InChI is InChI=1S/C17H19NO6/c1-2-21-13-5-7-14(8-6-13)23-12-17(20)24-11-16(19)18-10-15-4-3-9-22-15/h3-9H,2,10-12H2,1H3,(H,18,19). The molecular formula is C17H19NO6. The third kappa shape index (κ3) is 6.04. The van der Waals surface area contributed by atoms with E-state index in [0.717, 1.165) is 5.75 Å². The molecule has 24 heavy (non-hydrogen) atoms. The molecule has 7 nitrogen and oxygen atoms in total. The zero-order valence-electron chi connectivity index (χ0n) is 13.3. The molecule has 0 aliphatic heterocycles. The highest BCUT2D eigenvalue weighted by Crippen LogP contribution is 2.17. The summed E-state index contributed by atoms with van der Waals surface area (Å²) in [7, 11) is 0. The van der Waals surface area contributed by atoms with Gasteiger partial charge in [-0.2, -0.15) is 0 Å². The molecule has 0 spiro atoms. The van der Waals surface area contributed by atoms with Crippen LogP contribution in [0.15, 0.2) is 47.1 Å². The third-order valence-electron chi connectivity index (χ3n) is 2.90. The van der Waals surface area contributed by atoms with Crippen LogP contribution in [0.1, 0.15) is 12.7 Å². The molecule has 0 bridgehead atoms. The third-order valence-corrected chi connectivity index (χ3v) is 2.90. The van der Waals surface area contributed by atoms with E-state index in [1.807, 2.05) is 6.92 Å². The molecule has 2 aromatic rings. The number of furan rings is 1. The molecule has 1 aromatic carbocycles. The van der Waals surface area contributed by atoms with Crippen LogP contribution < -0.4 is 14.8 Å². The van der Waals surface area contributed by atoms with Crippen molar-refractivity contribution in [2.24, 2.45) is 0 Å². The second-order valence-electron chi connectivity index (χ2n) is 4.71. The number of carbonyl (C=O) groups excluding carboxylic acids is 2. The molecule has 0 unspecified atom stereocenters. The second kappa shape index (κ2) is 9.24. The maximum atomic E-state index is 11.6. The van der Waals surface area contributed by atoms with Crippen molar-refractivity contribution in [3.05, 3.63) is 48.4 Å². The van der Waals surface area contributed by atoms with Gasteiger partial charge in [-0.3, -0.25) is 4.79 Å². The largest absolute Gasteiger partial charge is 0.494 e. The average Bonchev–Trinajstić information content (AvgIpc) is 3.11. The summed E-state index contributed by atoms with van der Waals surface area (Å²) in [6, 6.07) is 10.3. The maximum Gasteiger partial charge on any atom is 0.344 e. The molecule has 1 amide bonds. The van der Waals surface area contributed by atoms with Gasteiger partial charge in [0.15, 0.2) is 13.2 Å². The van der Waals surface area contributed by atoms with E-state index >= 15 is 0 Å². The Morgan fingerprint density at radius 1 is 1.04 bits per heavy atom. The lowest BCUT2D eigenvalue weighted by Gasteiger charge is -2.08. The van der Waals surface area contributed by atoms with Crippen LogP contribution in [0.2, 0.25) is 0 Å². The van der Waals surface area contributed by atoms with Gasteiger partial charge < -0.3 is 23.9 Å². The van der Waals surface area contributed by atoms with Crippen LogP contribution in [-0.2, 0) is 20.9 Å². The predicted octanol–water partition coefficient (Wildman–Crippen LogP) is 1.92. The smallest absolute Gasteiger partial charge is 0.344 e. The van der Waals surface area contributed by atoms with E-state index in [0.29, 0.717) is 18.1 Å². The van der Waals surface area contributed by atoms with E-state index in [-0.39, 0.29) is 19.8 Å². The highest BCUT2D eigenvalue weighted by Gasteiger charge is 2.09. The normalized spacial score (nSPS) is 10.0. The van der Waals surface area contributed by atoms with Crippen LogP contribution in [0.25, 0.3) is 0 Å². The molecule has 0 radical (unpaired) electrons. The molecule has 0 atom stereocenters. The highest BCUT2D eigenvalue weighted by atomic mass is 16.6. The molecule has 7 heteroatoms. The van der Waals surface area contributed by atoms with Gasteiger partial charge in [0, 0.05) is 0 Å². The van der Waals surface area contributed by atoms with Crippen LogP contribution in [0.4, 0.5) is 0 Å². The van der Waals surface area contributed by atoms with Crippen LogP contribution in [0, 0.1) is 0 Å². The Balaban J connectivity index is 1.63. The molecular weight excluding hydrogens is 314 g/mol. The maximum absolute atomic E-state index is 11.6. The summed E-state index contributed by atoms with van der Waals surface area (Å²) in [5.74, 6) is 0.810. The summed E-state index contributed by atoms with van der Waals surface area (Å²) >= 11 is 0. The number of rotatable bonds is 9. The number of ether oxygens (including phenoxy) is 3. The van der Waals surface area contributed by atoms with Crippen LogP contribution >= 0.6 is 0 Å². The molecule has 0 saturated carbocycles. The van der Waals surface area contributed by atoms with Crippen LogP contribution in [0.5, 0.6) is 11.5 Å². The zero-order chi connectivity index (χ0) is 17.2. The van der Waals surface area contributed by atoms with Gasteiger partial charge >= 0.3 is 5.97 Å². The summed E-state index contributed by atoms with van der Waals surface area (Å²) in [5.41, 5.74) is 0. The number of nitrogens with one attached hydrogen (secondary N) is 1. The minimum absolute atomic E-state index is 0.242. The number of hydrogen-bond acceptors (Lipinski definition) is 6. The van der Waals surface area contributed by atoms with E-state index in [1.165, 1.54) is 6.26 Å². The summed E-state index contributed by atoms with van der Waals surface area (Å²) < 4.78 is 20.5. The van der Waals surface area contributed by atoms with Gasteiger partial charge in [0.05, 0.1) is 19.4 Å². The first-order valence-corrected chi connectivity index (χ1v) is 7.47. The summed E-state index contributed by atoms with van der Waals surface area (Å²) in [5, 5.41) is 2.57. The molecule has 1 N–H and O–H groups in total. The van der Waals surface area contributed by atoms with Gasteiger partial charge in [0.1, 0.15) is 17.3 Å². The van der Waals surface area contributed by atoms with Gasteiger partial charge in [-0.25, -0.2) is 4.79 Å². The number of benzene rings is 1. The molecule has 128 valence electrons. The van der Waals surface area contributed by atoms with Crippen LogP contribution in [0.3, 0.4) is 0 Å². The van der Waals surface area contributed by atoms with Crippen molar-refractivity contribution < 1.29 is 28.2 Å². The first kappa shape index (κ1) is 17.4. The summed E-state index contributed by atoms with van der Waals surface area (Å²) in [6.07, 6.45) is 1.51. The van der Waals surface area contributed by atoms with E-state index < -0.39 is 11.9 Å². The molecule has 0 aliphatic rings. The second-order valence-corrected chi connectivity index (χ2v) is 4.71. The number of carbonyl (C=O) groups is 2. The lowest BCUT2D eigenvalue weighted by Crippen LogP contribution is -2.29. The molecule has 1 heterocycles. The quantitative estimate of drug-likeness (QED) is 0.706. The highest BCUT2D eigenvalue weighted by molar-refractivity contribution is 5.80. The van der Waals surface area contributed by atoms with Gasteiger partial charge in [0.2, 0.25) is 0 Å². The number of hydrogen-bond donors (Lipinski definition) is 1. The van der Waals surface area contributed by atoms with Crippen molar-refractivity contribution in [1.82, 2.24) is 5.32 Å². The Hall–Kier alpha value is -2.96. The van der Waals surface area contributed by atoms with Crippen molar-refractivity contribution in [1.29, 1.82) is 0 Å². The van der Waals surface area contributed by atoms with Crippen molar-refractivity contribution in [2.75, 3.05) is 19.8 Å². The first-order chi connectivity index (χ1) is 11.7. The van der Waals surface area contributed by atoms with E-state index in [1.54, 1.807) is 36.4 Å². The minimum atomic E-state index is -0.628. The van der Waals surface area contributed by atoms with Gasteiger partial charge in [0.25, 0.3) is 5.91 Å². The topological polar surface area (TPSA) is 87.0 Å². The van der Waals surface area contributed by atoms with Crippen molar-refractivity contribution in [2.45, 2.75) is 13.5 Å². The first-order valence-electron chi connectivity index (χ1n) is 7.47. The van der Waals surface area contributed by atoms with Crippen LogP contribution in [-0.4, -0.2) is 31.7 Å². The van der Waals surface area contributed by atoms with E-state index in [4.69, 9.17) is 18.6 Å². The fourth-order valence-corrected chi connectivity index (χ4v) is 1.78. The lowest BCUT2D eigenvalue weighted by atomic mass is 10.3. The zero-order valence-corrected chi connectivity index (χ0v) is 13.3. The predicted molar refractivity (Wildman–Crippen MR) is 84.6 cm³/mol. The van der Waals surface area contributed by atoms with Gasteiger partial charge in [-0.1, -0.05) is 0 Å². The summed E-state index contributed by atoms with van der Waals surface area (Å²) in [4.78, 5) is 23.1. The van der Waals surface area contributed by atoms with Crippen molar-refractivity contribution in [3.8, 4) is 11.5 Å². The molecule has 1 aromatic heterocycles. The fraction of sp³-hybridized carbons (Fsp3) is 0.294. The monoisotopic (exact) mass is 333 g/mol. The Labute approximate surface area is 139 Å². The summed E-state index contributed by atoms with van der Waals surface area (Å²) in [6.45, 7) is 2.07. The van der Waals surface area contributed by atoms with E-state index in [9.17, 15) is 9.59 Å². The van der Waals surface area contributed by atoms with Gasteiger partial charge in [-0.05, 0) is 43.3 Å².